The van der Waals surface area contributed by atoms with Crippen molar-refractivity contribution in [3.8, 4) is 0 Å². The molecule has 0 saturated heterocycles. The summed E-state index contributed by atoms with van der Waals surface area (Å²) in [6, 6.07) is 8.39. The lowest BCUT2D eigenvalue weighted by molar-refractivity contribution is 0.768. The third kappa shape index (κ3) is 1.81. The molecule has 1 aromatic carbocycles. The smallest absolute Gasteiger partial charge is 0.00108 e. The molecule has 60 valence electrons. The molecular weight excluding hydrogens is 134 g/mol. The second-order valence-corrected chi connectivity index (χ2v) is 2.99. The molecule has 1 unspecified atom stereocenters. The summed E-state index contributed by atoms with van der Waals surface area (Å²) in [4.78, 5) is 0. The van der Waals surface area contributed by atoms with E-state index in [-0.39, 0.29) is 0 Å². The number of hydrogen-bond donors (Lipinski definition) is 1. The Kier molecular flexibility index (Phi) is 2.66. The topological polar surface area (TPSA) is 26.0 Å². The monoisotopic (exact) mass is 149 g/mol. The van der Waals surface area contributed by atoms with E-state index in [4.69, 9.17) is 5.73 Å². The van der Waals surface area contributed by atoms with Gasteiger partial charge in [0.2, 0.25) is 0 Å². The molecule has 11 heavy (non-hydrogen) atoms. The predicted molar refractivity (Wildman–Crippen MR) is 48.6 cm³/mol. The highest BCUT2D eigenvalue weighted by Crippen LogP contribution is 2.17. The molecule has 0 spiro atoms. The number of rotatable bonds is 2. The summed E-state index contributed by atoms with van der Waals surface area (Å²) in [7, 11) is 0. The van der Waals surface area contributed by atoms with Crippen molar-refractivity contribution in [1.29, 1.82) is 0 Å². The van der Waals surface area contributed by atoms with Crippen molar-refractivity contribution in [2.45, 2.75) is 19.8 Å². The van der Waals surface area contributed by atoms with Gasteiger partial charge in [0.25, 0.3) is 0 Å². The van der Waals surface area contributed by atoms with Crippen molar-refractivity contribution in [2.24, 2.45) is 5.73 Å². The Bertz CT molecular complexity index is 230. The lowest BCUT2D eigenvalue weighted by atomic mass is 9.97. The third-order valence-corrected chi connectivity index (χ3v) is 2.07. The molecule has 1 atom stereocenters. The van der Waals surface area contributed by atoms with Gasteiger partial charge in [-0.25, -0.2) is 0 Å². The van der Waals surface area contributed by atoms with Gasteiger partial charge < -0.3 is 5.73 Å². The standard InChI is InChI=1S/C10H15N/c1-8-5-3-4-6-10(8)9(2)7-11/h3-6,9H,7,11H2,1-2H3. The normalized spacial score (nSPS) is 13.0. The average Bonchev–Trinajstić information content (AvgIpc) is 2.04. The molecule has 0 saturated carbocycles. The van der Waals surface area contributed by atoms with Crippen molar-refractivity contribution in [3.05, 3.63) is 35.4 Å². The van der Waals surface area contributed by atoms with Crippen LogP contribution in [0.1, 0.15) is 24.0 Å². The van der Waals surface area contributed by atoms with Crippen LogP contribution < -0.4 is 5.73 Å². The summed E-state index contributed by atoms with van der Waals surface area (Å²) in [5.74, 6) is 0.483. The van der Waals surface area contributed by atoms with E-state index in [0.29, 0.717) is 5.92 Å². The van der Waals surface area contributed by atoms with E-state index in [9.17, 15) is 0 Å². The van der Waals surface area contributed by atoms with E-state index in [1.807, 2.05) is 0 Å². The Morgan fingerprint density at radius 3 is 2.55 bits per heavy atom. The van der Waals surface area contributed by atoms with Gasteiger partial charge in [0.05, 0.1) is 0 Å². The second kappa shape index (κ2) is 3.54. The van der Waals surface area contributed by atoms with Gasteiger partial charge in [0.1, 0.15) is 0 Å². The fourth-order valence-electron chi connectivity index (χ4n) is 1.27. The summed E-state index contributed by atoms with van der Waals surface area (Å²) in [6.45, 7) is 5.01. The molecule has 0 heterocycles. The lowest BCUT2D eigenvalue weighted by Crippen LogP contribution is -2.09. The van der Waals surface area contributed by atoms with Crippen LogP contribution in [0, 0.1) is 6.92 Å². The van der Waals surface area contributed by atoms with E-state index < -0.39 is 0 Å². The molecule has 0 amide bonds. The van der Waals surface area contributed by atoms with Crippen LogP contribution in [-0.2, 0) is 0 Å². The Morgan fingerprint density at radius 2 is 2.00 bits per heavy atom. The number of hydrogen-bond acceptors (Lipinski definition) is 1. The summed E-state index contributed by atoms with van der Waals surface area (Å²) in [5.41, 5.74) is 8.28. The SMILES string of the molecule is Cc1ccccc1C(C)CN. The second-order valence-electron chi connectivity index (χ2n) is 2.99. The highest BCUT2D eigenvalue weighted by molar-refractivity contribution is 5.28. The average molecular weight is 149 g/mol. The van der Waals surface area contributed by atoms with E-state index in [2.05, 4.69) is 38.1 Å². The molecule has 1 heteroatoms. The van der Waals surface area contributed by atoms with Crippen molar-refractivity contribution in [1.82, 2.24) is 0 Å². The van der Waals surface area contributed by atoms with Gasteiger partial charge in [-0.1, -0.05) is 31.2 Å². The van der Waals surface area contributed by atoms with Crippen molar-refractivity contribution in [3.63, 3.8) is 0 Å². The minimum Gasteiger partial charge on any atom is -0.330 e. The summed E-state index contributed by atoms with van der Waals surface area (Å²) >= 11 is 0. The van der Waals surface area contributed by atoms with E-state index in [1.165, 1.54) is 11.1 Å². The Balaban J connectivity index is 2.93. The predicted octanol–water partition coefficient (Wildman–Crippen LogP) is 2.06. The van der Waals surface area contributed by atoms with Gasteiger partial charge in [-0.2, -0.15) is 0 Å². The fraction of sp³-hybridized carbons (Fsp3) is 0.400. The van der Waals surface area contributed by atoms with Gasteiger partial charge in [0, 0.05) is 0 Å². The van der Waals surface area contributed by atoms with Crippen LogP contribution in [0.25, 0.3) is 0 Å². The van der Waals surface area contributed by atoms with Crippen molar-refractivity contribution in [2.75, 3.05) is 6.54 Å². The molecule has 1 rings (SSSR count). The van der Waals surface area contributed by atoms with Crippen LogP contribution in [0.3, 0.4) is 0 Å². The van der Waals surface area contributed by atoms with Crippen LogP contribution in [0.15, 0.2) is 24.3 Å². The first-order valence-electron chi connectivity index (χ1n) is 4.01. The highest BCUT2D eigenvalue weighted by Gasteiger charge is 2.03. The quantitative estimate of drug-likeness (QED) is 0.684. The maximum Gasteiger partial charge on any atom is -0.00108 e. The zero-order valence-electron chi connectivity index (χ0n) is 7.17. The van der Waals surface area contributed by atoms with Crippen molar-refractivity contribution >= 4 is 0 Å². The minimum absolute atomic E-state index is 0.483. The molecule has 0 aliphatic carbocycles. The number of aryl methyl sites for hydroxylation is 1. The fourth-order valence-corrected chi connectivity index (χ4v) is 1.27. The van der Waals surface area contributed by atoms with Crippen molar-refractivity contribution < 1.29 is 0 Å². The van der Waals surface area contributed by atoms with Gasteiger partial charge in [-0.3, -0.25) is 0 Å². The highest BCUT2D eigenvalue weighted by atomic mass is 14.5. The molecule has 0 radical (unpaired) electrons. The Morgan fingerprint density at radius 1 is 1.36 bits per heavy atom. The maximum absolute atomic E-state index is 5.57. The summed E-state index contributed by atoms with van der Waals surface area (Å²) in [6.07, 6.45) is 0. The lowest BCUT2D eigenvalue weighted by Gasteiger charge is -2.11. The number of benzene rings is 1. The third-order valence-electron chi connectivity index (χ3n) is 2.07. The van der Waals surface area contributed by atoms with Gasteiger partial charge in [0.15, 0.2) is 0 Å². The molecular formula is C10H15N. The van der Waals surface area contributed by atoms with E-state index in [1.54, 1.807) is 0 Å². The molecule has 1 nitrogen and oxygen atoms in total. The minimum atomic E-state index is 0.483. The Labute approximate surface area is 68.2 Å². The Hall–Kier alpha value is -0.820. The van der Waals surface area contributed by atoms with Crippen LogP contribution >= 0.6 is 0 Å². The first-order valence-corrected chi connectivity index (χ1v) is 4.01. The molecule has 0 aliphatic rings. The van der Waals surface area contributed by atoms with Gasteiger partial charge >= 0.3 is 0 Å². The summed E-state index contributed by atoms with van der Waals surface area (Å²) in [5, 5.41) is 0. The molecule has 0 bridgehead atoms. The van der Waals surface area contributed by atoms with Crippen LogP contribution in [0.5, 0.6) is 0 Å². The van der Waals surface area contributed by atoms with Gasteiger partial charge in [-0.15, -0.1) is 0 Å². The van der Waals surface area contributed by atoms with Gasteiger partial charge in [-0.05, 0) is 30.5 Å². The molecule has 0 aromatic heterocycles. The first-order chi connectivity index (χ1) is 5.25. The first kappa shape index (κ1) is 8.28. The number of nitrogens with two attached hydrogens (primary N) is 1. The molecule has 2 N–H and O–H groups in total. The van der Waals surface area contributed by atoms with Crippen LogP contribution in [-0.4, -0.2) is 6.54 Å². The largest absolute Gasteiger partial charge is 0.330 e. The zero-order chi connectivity index (χ0) is 8.27. The molecule has 0 fully saturated rings. The van der Waals surface area contributed by atoms with E-state index >= 15 is 0 Å². The summed E-state index contributed by atoms with van der Waals surface area (Å²) < 4.78 is 0. The van der Waals surface area contributed by atoms with E-state index in [0.717, 1.165) is 6.54 Å². The molecule has 1 aromatic rings. The zero-order valence-corrected chi connectivity index (χ0v) is 7.17. The molecule has 0 aliphatic heterocycles. The maximum atomic E-state index is 5.57. The van der Waals surface area contributed by atoms with Crippen LogP contribution in [0.4, 0.5) is 0 Å². The van der Waals surface area contributed by atoms with Crippen LogP contribution in [0.2, 0.25) is 0 Å².